The number of aliphatic imine (C=N–C) groups is 1. The van der Waals surface area contributed by atoms with E-state index in [2.05, 4.69) is 21.1 Å². The lowest BCUT2D eigenvalue weighted by Crippen LogP contribution is -2.45. The summed E-state index contributed by atoms with van der Waals surface area (Å²) < 4.78 is 0. The van der Waals surface area contributed by atoms with Crippen LogP contribution >= 0.6 is 0 Å². The summed E-state index contributed by atoms with van der Waals surface area (Å²) in [7, 11) is 0. The molecule has 1 aliphatic rings. The maximum atomic E-state index is 10.9. The first-order valence-electron chi connectivity index (χ1n) is 4.69. The molecule has 0 saturated carbocycles. The van der Waals surface area contributed by atoms with E-state index in [1.54, 1.807) is 0 Å². The molecule has 0 aliphatic carbocycles. The minimum Gasteiger partial charge on any atom is -0.354 e. The molecule has 0 bridgehead atoms. The minimum absolute atomic E-state index is 0.0141. The first-order valence-corrected chi connectivity index (χ1v) is 4.69. The van der Waals surface area contributed by atoms with E-state index in [1.807, 2.05) is 13.8 Å². The third-order valence-corrected chi connectivity index (χ3v) is 1.83. The van der Waals surface area contributed by atoms with Gasteiger partial charge in [-0.1, -0.05) is 0 Å². The lowest BCUT2D eigenvalue weighted by atomic mass is 10.3. The fraction of sp³-hybridized carbons (Fsp3) is 0.750. The molecule has 0 aromatic rings. The summed E-state index contributed by atoms with van der Waals surface area (Å²) in [6.45, 7) is 4.57. The van der Waals surface area contributed by atoms with Gasteiger partial charge in [-0.2, -0.15) is 0 Å². The molecule has 5 N–H and O–H groups in total. The highest BCUT2D eigenvalue weighted by atomic mass is 16.1. The topological polar surface area (TPSA) is 91.5 Å². The van der Waals surface area contributed by atoms with Crippen LogP contribution in [0.5, 0.6) is 0 Å². The Morgan fingerprint density at radius 3 is 2.86 bits per heavy atom. The first kappa shape index (κ1) is 10.8. The molecule has 1 fully saturated rings. The highest BCUT2D eigenvalue weighted by molar-refractivity contribution is 5.82. The zero-order chi connectivity index (χ0) is 10.6. The van der Waals surface area contributed by atoms with E-state index >= 15 is 0 Å². The maximum Gasteiger partial charge on any atom is 0.222 e. The molecule has 0 aromatic carbocycles. The van der Waals surface area contributed by atoms with Crippen LogP contribution in [0.2, 0.25) is 0 Å². The lowest BCUT2D eigenvalue weighted by molar-refractivity contribution is -0.119. The number of rotatable bonds is 2. The van der Waals surface area contributed by atoms with Crippen LogP contribution in [0.25, 0.3) is 0 Å². The van der Waals surface area contributed by atoms with Gasteiger partial charge in [-0.05, 0) is 13.8 Å². The molecule has 1 heterocycles. The second kappa shape index (κ2) is 4.80. The summed E-state index contributed by atoms with van der Waals surface area (Å²) in [6.07, 6.45) is 0.435. The summed E-state index contributed by atoms with van der Waals surface area (Å²) >= 11 is 0. The van der Waals surface area contributed by atoms with Crippen LogP contribution in [-0.2, 0) is 4.79 Å². The maximum absolute atomic E-state index is 10.9. The molecular weight excluding hydrogens is 182 g/mol. The minimum atomic E-state index is -0.0141. The average molecular weight is 199 g/mol. The lowest BCUT2D eigenvalue weighted by Gasteiger charge is -2.13. The number of hydrogen-bond donors (Lipinski definition) is 4. The Balaban J connectivity index is 2.50. The van der Waals surface area contributed by atoms with E-state index in [9.17, 15) is 4.79 Å². The van der Waals surface area contributed by atoms with Crippen LogP contribution in [0.1, 0.15) is 20.3 Å². The van der Waals surface area contributed by atoms with Crippen molar-refractivity contribution in [2.24, 2.45) is 10.8 Å². The Morgan fingerprint density at radius 2 is 2.43 bits per heavy atom. The molecule has 0 spiro atoms. The van der Waals surface area contributed by atoms with Crippen LogP contribution in [0.15, 0.2) is 4.99 Å². The van der Waals surface area contributed by atoms with Gasteiger partial charge in [-0.3, -0.25) is 10.2 Å². The van der Waals surface area contributed by atoms with Gasteiger partial charge >= 0.3 is 0 Å². The van der Waals surface area contributed by atoms with Crippen LogP contribution < -0.4 is 21.9 Å². The fourth-order valence-corrected chi connectivity index (χ4v) is 1.25. The van der Waals surface area contributed by atoms with Gasteiger partial charge in [-0.25, -0.2) is 10.8 Å². The first-order chi connectivity index (χ1) is 6.61. The quantitative estimate of drug-likeness (QED) is 0.192. The summed E-state index contributed by atoms with van der Waals surface area (Å²) in [5, 5.41) is 5.76. The second-order valence-corrected chi connectivity index (χ2v) is 3.58. The summed E-state index contributed by atoms with van der Waals surface area (Å²) in [5.41, 5.74) is 2.47. The number of nitrogens with two attached hydrogens (primary N) is 1. The van der Waals surface area contributed by atoms with Gasteiger partial charge in [0.1, 0.15) is 0 Å². The van der Waals surface area contributed by atoms with E-state index in [-0.39, 0.29) is 18.0 Å². The Morgan fingerprint density at radius 1 is 1.71 bits per heavy atom. The van der Waals surface area contributed by atoms with Crippen molar-refractivity contribution in [2.45, 2.75) is 32.4 Å². The van der Waals surface area contributed by atoms with E-state index in [0.29, 0.717) is 18.9 Å². The molecule has 1 atom stereocenters. The van der Waals surface area contributed by atoms with Crippen molar-refractivity contribution in [1.29, 1.82) is 0 Å². The molecule has 1 rings (SSSR count). The van der Waals surface area contributed by atoms with Gasteiger partial charge in [0.25, 0.3) is 0 Å². The van der Waals surface area contributed by atoms with E-state index in [0.717, 1.165) is 0 Å². The fourth-order valence-electron chi connectivity index (χ4n) is 1.25. The van der Waals surface area contributed by atoms with Crippen molar-refractivity contribution in [2.75, 3.05) is 6.54 Å². The van der Waals surface area contributed by atoms with E-state index < -0.39 is 0 Å². The number of hydrogen-bond acceptors (Lipinski definition) is 3. The van der Waals surface area contributed by atoms with Crippen molar-refractivity contribution >= 4 is 11.9 Å². The van der Waals surface area contributed by atoms with Crippen molar-refractivity contribution < 1.29 is 4.79 Å². The zero-order valence-electron chi connectivity index (χ0n) is 8.50. The number of amides is 1. The van der Waals surface area contributed by atoms with Gasteiger partial charge in [0, 0.05) is 12.6 Å². The molecule has 1 saturated heterocycles. The number of guanidine groups is 1. The Kier molecular flexibility index (Phi) is 3.70. The molecule has 6 nitrogen and oxygen atoms in total. The Hall–Kier alpha value is -1.30. The number of carbonyl (C=O) groups excluding carboxylic acids is 1. The molecule has 0 aromatic heterocycles. The van der Waals surface area contributed by atoms with Gasteiger partial charge in [0.15, 0.2) is 0 Å². The largest absolute Gasteiger partial charge is 0.354 e. The predicted octanol–water partition coefficient (Wildman–Crippen LogP) is -1.31. The van der Waals surface area contributed by atoms with Crippen molar-refractivity contribution in [3.8, 4) is 0 Å². The van der Waals surface area contributed by atoms with Gasteiger partial charge in [0.05, 0.1) is 12.5 Å². The third kappa shape index (κ3) is 3.21. The van der Waals surface area contributed by atoms with Crippen molar-refractivity contribution in [3.05, 3.63) is 0 Å². The number of nitrogens with zero attached hydrogens (tertiary/aromatic N) is 1. The molecule has 14 heavy (non-hydrogen) atoms. The van der Waals surface area contributed by atoms with E-state index in [4.69, 9.17) is 5.84 Å². The Bertz CT molecular complexity index is 238. The molecule has 1 amide bonds. The molecule has 1 aliphatic heterocycles. The number of hydrazine groups is 1. The second-order valence-electron chi connectivity index (χ2n) is 3.58. The highest BCUT2D eigenvalue weighted by Crippen LogP contribution is 2.03. The molecule has 1 unspecified atom stereocenters. The third-order valence-electron chi connectivity index (χ3n) is 1.83. The monoisotopic (exact) mass is 199 g/mol. The van der Waals surface area contributed by atoms with Gasteiger partial charge in [0.2, 0.25) is 11.9 Å². The summed E-state index contributed by atoms with van der Waals surface area (Å²) in [6, 6.07) is 0.245. The van der Waals surface area contributed by atoms with Crippen LogP contribution in [0, 0.1) is 0 Å². The van der Waals surface area contributed by atoms with Crippen molar-refractivity contribution in [1.82, 2.24) is 16.1 Å². The normalized spacial score (nSPS) is 22.4. The Labute approximate surface area is 83.3 Å². The van der Waals surface area contributed by atoms with Crippen LogP contribution in [0.3, 0.4) is 0 Å². The smallest absolute Gasteiger partial charge is 0.222 e. The molecule has 6 heteroatoms. The van der Waals surface area contributed by atoms with Gasteiger partial charge < -0.3 is 10.6 Å². The SMILES string of the molecule is CC(C)NC(=NC1CNC(=O)C1)NN. The highest BCUT2D eigenvalue weighted by Gasteiger charge is 2.21. The van der Waals surface area contributed by atoms with Crippen molar-refractivity contribution in [3.63, 3.8) is 0 Å². The van der Waals surface area contributed by atoms with Crippen LogP contribution in [-0.4, -0.2) is 30.5 Å². The average Bonchev–Trinajstić information content (AvgIpc) is 2.49. The van der Waals surface area contributed by atoms with Crippen LogP contribution in [0.4, 0.5) is 0 Å². The molecule has 80 valence electrons. The predicted molar refractivity (Wildman–Crippen MR) is 54.4 cm³/mol. The van der Waals surface area contributed by atoms with E-state index in [1.165, 1.54) is 0 Å². The summed E-state index contributed by atoms with van der Waals surface area (Å²) in [5.74, 6) is 5.86. The number of nitrogens with one attached hydrogen (secondary N) is 3. The molecular formula is C8H17N5O. The number of carbonyl (C=O) groups is 1. The standard InChI is InChI=1S/C8H17N5O/c1-5(2)11-8(13-9)12-6-3-7(14)10-4-6/h5-6H,3-4,9H2,1-2H3,(H,10,14)(H2,11,12,13). The van der Waals surface area contributed by atoms with Gasteiger partial charge in [-0.15, -0.1) is 0 Å². The zero-order valence-corrected chi connectivity index (χ0v) is 8.50. The summed E-state index contributed by atoms with van der Waals surface area (Å²) in [4.78, 5) is 15.2. The molecule has 0 radical (unpaired) electrons.